The summed E-state index contributed by atoms with van der Waals surface area (Å²) in [5.41, 5.74) is 5.27. The molecule has 0 aromatic heterocycles. The van der Waals surface area contributed by atoms with E-state index >= 15 is 0 Å². The van der Waals surface area contributed by atoms with Crippen LogP contribution in [0.1, 0.15) is 98.3 Å². The number of hydrogen-bond acceptors (Lipinski definition) is 6. The van der Waals surface area contributed by atoms with Crippen LogP contribution in [-0.2, 0) is 19.2 Å². The topological polar surface area (TPSA) is 106 Å². The minimum Gasteiger partial charge on any atom is -0.356 e. The maximum atomic E-state index is 11.1. The Bertz CT molecular complexity index is 428. The van der Waals surface area contributed by atoms with Gasteiger partial charge in [-0.15, -0.1) is 12.6 Å². The number of nitrogens with one attached hydrogen (secondary N) is 1. The molecule has 0 aromatic carbocycles. The third-order valence-corrected chi connectivity index (χ3v) is 4.82. The molecule has 1 aliphatic rings. The molecule has 0 spiro atoms. The van der Waals surface area contributed by atoms with Crippen molar-refractivity contribution in [2.24, 2.45) is 5.73 Å². The molecule has 0 saturated carbocycles. The lowest BCUT2D eigenvalue weighted by molar-refractivity contribution is -0.123. The molecule has 172 valence electrons. The van der Waals surface area contributed by atoms with E-state index in [4.69, 9.17) is 5.73 Å². The van der Waals surface area contributed by atoms with Gasteiger partial charge in [0.05, 0.1) is 0 Å². The number of unbranched alkanes of at least 4 members (excludes halogenated alkanes) is 6. The van der Waals surface area contributed by atoms with E-state index in [9.17, 15) is 19.2 Å². The van der Waals surface area contributed by atoms with Crippen molar-refractivity contribution in [2.45, 2.75) is 98.3 Å². The average molecular weight is 451 g/mol. The minimum atomic E-state index is -0.230. The summed E-state index contributed by atoms with van der Waals surface area (Å²) in [6.07, 6.45) is 11.1. The van der Waals surface area contributed by atoms with Gasteiger partial charge in [0.1, 0.15) is 0 Å². The van der Waals surface area contributed by atoms with Gasteiger partial charge < -0.3 is 11.1 Å². The molecular formula is C21H42N2O4S2. The Balaban J connectivity index is -0.000000379. The molecule has 1 saturated heterocycles. The lowest BCUT2D eigenvalue weighted by Crippen LogP contribution is -2.24. The van der Waals surface area contributed by atoms with Crippen LogP contribution in [0.4, 0.5) is 0 Å². The highest BCUT2D eigenvalue weighted by Crippen LogP contribution is 2.19. The Morgan fingerprint density at radius 1 is 0.931 bits per heavy atom. The van der Waals surface area contributed by atoms with E-state index in [2.05, 4.69) is 31.8 Å². The van der Waals surface area contributed by atoms with Gasteiger partial charge in [0.25, 0.3) is 0 Å². The standard InChI is InChI=1S/C10H19NO2S.C6H15N.C4H4O2S.CH4/c1-2-3-4-5-8-11-9(12)6-7-10(13)14;1-2-3-4-5-6-7;5-3-1-2-4(6)7-3;/h2-8H2,1H3,(H,11,12)(H,13,14);2-7H2,1H3;1-2H2;1H4. The van der Waals surface area contributed by atoms with Crippen molar-refractivity contribution in [3.63, 3.8) is 0 Å². The van der Waals surface area contributed by atoms with Gasteiger partial charge in [0.2, 0.25) is 5.91 Å². The molecule has 8 heteroatoms. The van der Waals surface area contributed by atoms with Gasteiger partial charge in [0, 0.05) is 32.2 Å². The van der Waals surface area contributed by atoms with Gasteiger partial charge in [-0.05, 0) is 31.1 Å². The third-order valence-electron chi connectivity index (χ3n) is 3.74. The molecule has 1 rings (SSSR count). The number of carbonyl (C=O) groups is 4. The molecular weight excluding hydrogens is 408 g/mol. The fourth-order valence-electron chi connectivity index (χ4n) is 2.09. The van der Waals surface area contributed by atoms with E-state index in [-0.39, 0.29) is 41.5 Å². The van der Waals surface area contributed by atoms with E-state index in [0.29, 0.717) is 12.8 Å². The molecule has 0 aliphatic carbocycles. The van der Waals surface area contributed by atoms with Crippen molar-refractivity contribution in [3.05, 3.63) is 0 Å². The first-order valence-corrected chi connectivity index (χ1v) is 11.6. The van der Waals surface area contributed by atoms with Crippen LogP contribution in [0.25, 0.3) is 0 Å². The molecule has 0 atom stereocenters. The summed E-state index contributed by atoms with van der Waals surface area (Å²) in [4.78, 5) is 41.9. The summed E-state index contributed by atoms with van der Waals surface area (Å²) in [6.45, 7) is 5.94. The van der Waals surface area contributed by atoms with Crippen molar-refractivity contribution in [3.8, 4) is 0 Å². The van der Waals surface area contributed by atoms with Crippen molar-refractivity contribution >= 4 is 45.6 Å². The lowest BCUT2D eigenvalue weighted by Gasteiger charge is -2.03. The van der Waals surface area contributed by atoms with Gasteiger partial charge in [-0.3, -0.25) is 19.2 Å². The molecule has 1 heterocycles. The van der Waals surface area contributed by atoms with Crippen LogP contribution in [0.2, 0.25) is 0 Å². The number of carbonyl (C=O) groups excluding carboxylic acids is 4. The van der Waals surface area contributed by atoms with Crippen LogP contribution >= 0.6 is 24.4 Å². The lowest BCUT2D eigenvalue weighted by atomic mass is 10.2. The fourth-order valence-corrected chi connectivity index (χ4v) is 2.87. The maximum Gasteiger partial charge on any atom is 0.220 e. The highest BCUT2D eigenvalue weighted by atomic mass is 32.2. The second-order valence-corrected chi connectivity index (χ2v) is 8.11. The van der Waals surface area contributed by atoms with Crippen LogP contribution in [0.3, 0.4) is 0 Å². The van der Waals surface area contributed by atoms with Crippen molar-refractivity contribution in [1.82, 2.24) is 5.32 Å². The van der Waals surface area contributed by atoms with Crippen molar-refractivity contribution < 1.29 is 19.2 Å². The van der Waals surface area contributed by atoms with Crippen LogP contribution in [0, 0.1) is 0 Å². The maximum absolute atomic E-state index is 11.1. The van der Waals surface area contributed by atoms with E-state index in [1.807, 2.05) is 0 Å². The average Bonchev–Trinajstić information content (AvgIpc) is 3.04. The Hall–Kier alpha value is -0.860. The summed E-state index contributed by atoms with van der Waals surface area (Å²) >= 11 is 4.43. The first kappa shape index (κ1) is 32.8. The fraction of sp³-hybridized carbons (Fsp3) is 0.810. The zero-order valence-corrected chi connectivity index (χ0v) is 19.2. The molecule has 1 amide bonds. The normalized spacial score (nSPS) is 12.1. The molecule has 29 heavy (non-hydrogen) atoms. The van der Waals surface area contributed by atoms with Crippen LogP contribution in [0.15, 0.2) is 0 Å². The Labute approximate surface area is 187 Å². The van der Waals surface area contributed by atoms with E-state index in [0.717, 1.165) is 37.7 Å². The highest BCUT2D eigenvalue weighted by molar-refractivity contribution is 8.26. The zero-order valence-electron chi connectivity index (χ0n) is 17.5. The van der Waals surface area contributed by atoms with Crippen molar-refractivity contribution in [2.75, 3.05) is 13.1 Å². The quantitative estimate of drug-likeness (QED) is 0.295. The number of rotatable bonds is 12. The smallest absolute Gasteiger partial charge is 0.220 e. The number of hydrogen-bond donors (Lipinski definition) is 3. The van der Waals surface area contributed by atoms with Crippen LogP contribution < -0.4 is 11.1 Å². The predicted molar refractivity (Wildman–Crippen MR) is 127 cm³/mol. The number of thioether (sulfide) groups is 1. The monoisotopic (exact) mass is 450 g/mol. The summed E-state index contributed by atoms with van der Waals surface area (Å²) in [6, 6.07) is 0. The van der Waals surface area contributed by atoms with Gasteiger partial charge in [-0.2, -0.15) is 0 Å². The van der Waals surface area contributed by atoms with Crippen molar-refractivity contribution in [1.29, 1.82) is 0 Å². The Morgan fingerprint density at radius 2 is 1.45 bits per heavy atom. The third kappa shape index (κ3) is 29.4. The van der Waals surface area contributed by atoms with Gasteiger partial charge in [-0.1, -0.05) is 59.8 Å². The molecule has 0 radical (unpaired) electrons. The molecule has 1 fully saturated rings. The largest absolute Gasteiger partial charge is 0.356 e. The number of nitrogens with two attached hydrogens (primary N) is 1. The first-order valence-electron chi connectivity index (χ1n) is 10.3. The first-order chi connectivity index (χ1) is 13.4. The molecule has 0 bridgehead atoms. The molecule has 6 nitrogen and oxygen atoms in total. The minimum absolute atomic E-state index is 0. The zero-order chi connectivity index (χ0) is 21.6. The second-order valence-electron chi connectivity index (χ2n) is 6.50. The summed E-state index contributed by atoms with van der Waals surface area (Å²) in [5.74, 6) is -0.0519. The van der Waals surface area contributed by atoms with Crippen LogP contribution in [0.5, 0.6) is 0 Å². The van der Waals surface area contributed by atoms with Crippen LogP contribution in [-0.4, -0.2) is 34.3 Å². The predicted octanol–water partition coefficient (Wildman–Crippen LogP) is 4.65. The van der Waals surface area contributed by atoms with Gasteiger partial charge in [0.15, 0.2) is 15.3 Å². The van der Waals surface area contributed by atoms with Gasteiger partial charge >= 0.3 is 0 Å². The number of amides is 1. The van der Waals surface area contributed by atoms with E-state index in [1.54, 1.807) is 0 Å². The van der Waals surface area contributed by atoms with Gasteiger partial charge in [-0.25, -0.2) is 0 Å². The van der Waals surface area contributed by atoms with E-state index in [1.165, 1.54) is 38.5 Å². The number of thiol groups is 1. The second kappa shape index (κ2) is 25.2. The SMILES string of the molecule is C.CCCCCCN.CCCCCCNC(=O)CCC(=O)S.O=C1CCC(=O)S1. The summed E-state index contributed by atoms with van der Waals surface area (Å²) in [7, 11) is 0. The molecule has 0 aromatic rings. The Morgan fingerprint density at radius 3 is 1.83 bits per heavy atom. The van der Waals surface area contributed by atoms with E-state index < -0.39 is 0 Å². The molecule has 0 unspecified atom stereocenters. The molecule has 1 aliphatic heterocycles. The Kier molecular flexibility index (Phi) is 28.5. The summed E-state index contributed by atoms with van der Waals surface area (Å²) in [5, 5.41) is 2.58. The highest BCUT2D eigenvalue weighted by Gasteiger charge is 2.18. The summed E-state index contributed by atoms with van der Waals surface area (Å²) < 4.78 is 0. The molecule has 3 N–H and O–H groups in total.